The lowest BCUT2D eigenvalue weighted by Gasteiger charge is -2.43. The SMILES string of the molecule is CCC(CC)(c1ccc(CCC(O)C(C)(C)C)c(C)c1)c1ccc(OCC(=O)CCC(=O)O)c(C)c1.CCC(CC)(c1ccc(CCC(O[Si](C)(C)C(C)(C)C)C(C)(C)C)c(C)c1)c1ccc(OC[C@@H](O)CCC(=O)OC)c(C)c1. The van der Waals surface area contributed by atoms with Crippen molar-refractivity contribution in [3.8, 4) is 11.5 Å². The Kier molecular flexibility index (Phi) is 26.0. The fraction of sp³-hybridized carbons (Fsp3) is 0.609. The molecule has 3 atom stereocenters. The van der Waals surface area contributed by atoms with E-state index < -0.39 is 20.4 Å². The van der Waals surface area contributed by atoms with E-state index in [2.05, 4.69) is 189 Å². The average Bonchev–Trinajstić information content (AvgIpc) is 3.38. The summed E-state index contributed by atoms with van der Waals surface area (Å²) in [6.45, 7) is 42.2. The first-order chi connectivity index (χ1) is 37.1. The first-order valence-electron chi connectivity index (χ1n) is 29.7. The highest BCUT2D eigenvalue weighted by Gasteiger charge is 2.42. The lowest BCUT2D eigenvalue weighted by molar-refractivity contribution is -0.141. The first-order valence-corrected chi connectivity index (χ1v) is 32.6. The number of ketones is 1. The number of aliphatic hydroxyl groups excluding tert-OH is 2. The summed E-state index contributed by atoms with van der Waals surface area (Å²) in [7, 11) is -0.524. The van der Waals surface area contributed by atoms with Gasteiger partial charge in [-0.1, -0.05) is 151 Å². The van der Waals surface area contributed by atoms with Crippen molar-refractivity contribution in [3.63, 3.8) is 0 Å². The largest absolute Gasteiger partial charge is 0.491 e. The van der Waals surface area contributed by atoms with Crippen molar-refractivity contribution < 1.29 is 48.3 Å². The van der Waals surface area contributed by atoms with Crippen molar-refractivity contribution in [1.29, 1.82) is 0 Å². The van der Waals surface area contributed by atoms with E-state index in [1.165, 1.54) is 51.6 Å². The van der Waals surface area contributed by atoms with E-state index in [4.69, 9.17) is 19.0 Å². The molecule has 0 saturated heterocycles. The van der Waals surface area contributed by atoms with Crippen LogP contribution in [0.2, 0.25) is 18.1 Å². The molecule has 0 fully saturated rings. The van der Waals surface area contributed by atoms with Crippen LogP contribution in [0.25, 0.3) is 0 Å². The molecule has 10 nitrogen and oxygen atoms in total. The maximum atomic E-state index is 11.9. The number of hydrogen-bond acceptors (Lipinski definition) is 9. The van der Waals surface area contributed by atoms with Crippen LogP contribution in [0, 0.1) is 38.5 Å². The third-order valence-corrected chi connectivity index (χ3v) is 22.1. The maximum absolute atomic E-state index is 11.9. The van der Waals surface area contributed by atoms with Crippen LogP contribution < -0.4 is 9.47 Å². The van der Waals surface area contributed by atoms with Gasteiger partial charge in [-0.15, -0.1) is 0 Å². The molecule has 2 unspecified atom stereocenters. The standard InChI is InChI=1S/C38H62O5Si.C31H44O5/c1-14-38(15-2,31-19-21-33(28(4)25-31)42-26-32(39)20-23-35(40)41-11)30-18-16-29(27(3)24-30)17-22-34(36(5,6)7)43-44(12,13)37(8,9)10;1-8-31(9-2,24-12-10-23(21(3)18-24)11-16-28(33)30(5,6)7)25-13-15-27(22(4)19-25)36-20-26(32)14-17-29(34)35/h16,18-19,21,24-25,32,34,39H,14-15,17,20,22-23,26H2,1-13H3;10,12-13,15,18-19,28,33H,8-9,11,14,16-17,20H2,1-7H3,(H,34,35)/t32-,34?;/m0./s1. The summed E-state index contributed by atoms with van der Waals surface area (Å²) in [5.74, 6) is -0.125. The quantitative estimate of drug-likeness (QED) is 0.0371. The van der Waals surface area contributed by atoms with Crippen molar-refractivity contribution in [2.24, 2.45) is 10.8 Å². The lowest BCUT2D eigenvalue weighted by atomic mass is 9.69. The molecule has 0 heterocycles. The van der Waals surface area contributed by atoms with E-state index in [-0.39, 0.29) is 83.1 Å². The number of aliphatic carboxylic acids is 1. The summed E-state index contributed by atoms with van der Waals surface area (Å²) in [6.07, 6.45) is 6.92. The number of rotatable bonds is 28. The maximum Gasteiger partial charge on any atom is 0.305 e. The van der Waals surface area contributed by atoms with Crippen LogP contribution in [0.1, 0.15) is 210 Å². The summed E-state index contributed by atoms with van der Waals surface area (Å²) in [5, 5.41) is 29.6. The molecule has 4 aromatic carbocycles. The molecular weight excluding hydrogens is 1020 g/mol. The average molecular weight is 1120 g/mol. The minimum Gasteiger partial charge on any atom is -0.491 e. The van der Waals surface area contributed by atoms with E-state index in [1.807, 2.05) is 19.1 Å². The van der Waals surface area contributed by atoms with Crippen molar-refractivity contribution in [2.75, 3.05) is 20.3 Å². The molecule has 446 valence electrons. The van der Waals surface area contributed by atoms with Gasteiger partial charge in [0.05, 0.1) is 31.8 Å². The predicted octanol–water partition coefficient (Wildman–Crippen LogP) is 16.0. The number of ether oxygens (including phenoxy) is 3. The van der Waals surface area contributed by atoms with Crippen LogP contribution in [-0.4, -0.2) is 80.0 Å². The van der Waals surface area contributed by atoms with Crippen molar-refractivity contribution in [2.45, 2.75) is 242 Å². The van der Waals surface area contributed by atoms with Crippen LogP contribution in [0.15, 0.2) is 72.8 Å². The Bertz CT molecular complexity index is 2620. The van der Waals surface area contributed by atoms with E-state index in [9.17, 15) is 24.6 Å². The predicted molar refractivity (Wildman–Crippen MR) is 331 cm³/mol. The zero-order valence-corrected chi connectivity index (χ0v) is 54.3. The Labute approximate surface area is 485 Å². The molecule has 0 aliphatic rings. The van der Waals surface area contributed by atoms with Gasteiger partial charge in [-0.25, -0.2) is 0 Å². The molecule has 0 saturated carbocycles. The van der Waals surface area contributed by atoms with Crippen molar-refractivity contribution in [1.82, 2.24) is 0 Å². The molecule has 0 amide bonds. The Morgan fingerprint density at radius 3 is 1.35 bits per heavy atom. The molecular formula is C69H106O10Si. The Morgan fingerprint density at radius 2 is 0.975 bits per heavy atom. The van der Waals surface area contributed by atoms with Gasteiger partial charge in [0.25, 0.3) is 0 Å². The lowest BCUT2D eigenvalue weighted by Crippen LogP contribution is -2.47. The van der Waals surface area contributed by atoms with E-state index in [0.717, 1.165) is 68.2 Å². The molecule has 11 heteroatoms. The van der Waals surface area contributed by atoms with Gasteiger partial charge >= 0.3 is 11.9 Å². The number of carbonyl (C=O) groups excluding carboxylic acids is 2. The molecule has 4 aromatic rings. The number of benzene rings is 4. The van der Waals surface area contributed by atoms with Gasteiger partial charge in [0, 0.05) is 23.7 Å². The summed E-state index contributed by atoms with van der Waals surface area (Å²) in [6, 6.07) is 26.4. The highest BCUT2D eigenvalue weighted by Crippen LogP contribution is 2.44. The number of hydrogen-bond donors (Lipinski definition) is 3. The van der Waals surface area contributed by atoms with Gasteiger partial charge in [-0.05, 0) is 182 Å². The second-order valence-electron chi connectivity index (χ2n) is 26.3. The molecule has 0 aromatic heterocycles. The van der Waals surface area contributed by atoms with E-state index >= 15 is 0 Å². The first kappa shape index (κ1) is 69.5. The zero-order chi connectivity index (χ0) is 60.6. The Hall–Kier alpha value is -4.81. The topological polar surface area (TPSA) is 149 Å². The van der Waals surface area contributed by atoms with Crippen LogP contribution >= 0.6 is 0 Å². The third-order valence-electron chi connectivity index (χ3n) is 17.6. The summed E-state index contributed by atoms with van der Waals surface area (Å²) in [4.78, 5) is 34.0. The number of methoxy groups -OCH3 is 1. The second-order valence-corrected chi connectivity index (χ2v) is 31.1. The van der Waals surface area contributed by atoms with Gasteiger partial charge in [-0.2, -0.15) is 0 Å². The van der Waals surface area contributed by atoms with Gasteiger partial charge in [-0.3, -0.25) is 14.4 Å². The number of aliphatic hydroxyl groups is 2. The van der Waals surface area contributed by atoms with Crippen LogP contribution in [0.5, 0.6) is 11.5 Å². The molecule has 3 N–H and O–H groups in total. The van der Waals surface area contributed by atoms with Crippen LogP contribution in [-0.2, 0) is 47.2 Å². The highest BCUT2D eigenvalue weighted by molar-refractivity contribution is 6.74. The number of carboxylic acid groups (broad SMARTS) is 1. The molecule has 0 radical (unpaired) electrons. The number of aryl methyl sites for hydroxylation is 6. The zero-order valence-electron chi connectivity index (χ0n) is 53.3. The molecule has 4 rings (SSSR count). The summed E-state index contributed by atoms with van der Waals surface area (Å²) < 4.78 is 23.3. The van der Waals surface area contributed by atoms with Crippen molar-refractivity contribution in [3.05, 3.63) is 128 Å². The van der Waals surface area contributed by atoms with Gasteiger partial charge in [0.1, 0.15) is 24.7 Å². The van der Waals surface area contributed by atoms with Crippen LogP contribution in [0.4, 0.5) is 0 Å². The Morgan fingerprint density at radius 1 is 0.550 bits per heavy atom. The fourth-order valence-corrected chi connectivity index (χ4v) is 12.1. The minimum absolute atomic E-state index is 0.0221. The Balaban J connectivity index is 0.000000429. The smallest absolute Gasteiger partial charge is 0.305 e. The monoisotopic (exact) mass is 1120 g/mol. The third kappa shape index (κ3) is 19.1. The van der Waals surface area contributed by atoms with Gasteiger partial charge in [0.2, 0.25) is 0 Å². The van der Waals surface area contributed by atoms with E-state index in [0.29, 0.717) is 12.2 Å². The van der Waals surface area contributed by atoms with E-state index in [1.54, 1.807) is 0 Å². The number of carboxylic acids is 1. The van der Waals surface area contributed by atoms with Gasteiger partial charge < -0.3 is 34.0 Å². The van der Waals surface area contributed by atoms with Crippen molar-refractivity contribution >= 4 is 26.0 Å². The van der Waals surface area contributed by atoms with Crippen LogP contribution in [0.3, 0.4) is 0 Å². The molecule has 0 aliphatic carbocycles. The molecule has 0 aliphatic heterocycles. The number of Topliss-reactive ketones (excluding diaryl/α,β-unsaturated/α-hetero) is 1. The highest BCUT2D eigenvalue weighted by atomic mass is 28.4. The summed E-state index contributed by atoms with van der Waals surface area (Å²) >= 11 is 0. The minimum atomic E-state index is -1.88. The number of carbonyl (C=O) groups is 3. The molecule has 0 spiro atoms. The normalized spacial score (nSPS) is 13.7. The number of esters is 1. The summed E-state index contributed by atoms with van der Waals surface area (Å²) in [5.41, 5.74) is 12.1. The molecule has 0 bridgehead atoms. The molecule has 80 heavy (non-hydrogen) atoms. The fourth-order valence-electron chi connectivity index (χ4n) is 10.6. The van der Waals surface area contributed by atoms with Gasteiger partial charge in [0.15, 0.2) is 14.1 Å². The second kappa shape index (κ2) is 29.9.